The lowest BCUT2D eigenvalue weighted by molar-refractivity contribution is -0.131. The lowest BCUT2D eigenvalue weighted by atomic mass is 9.83. The molecule has 21 heavy (non-hydrogen) atoms. The van der Waals surface area contributed by atoms with E-state index in [1.807, 2.05) is 0 Å². The van der Waals surface area contributed by atoms with Crippen molar-refractivity contribution in [1.29, 1.82) is 0 Å². The molecule has 1 saturated carbocycles. The zero-order valence-corrected chi connectivity index (χ0v) is 12.3. The van der Waals surface area contributed by atoms with Crippen molar-refractivity contribution >= 4 is 18.0 Å². The van der Waals surface area contributed by atoms with Crippen LogP contribution in [-0.2, 0) is 4.79 Å². The average Bonchev–Trinajstić information content (AvgIpc) is 2.45. The van der Waals surface area contributed by atoms with Crippen LogP contribution in [0.4, 0.5) is 0 Å². The van der Waals surface area contributed by atoms with E-state index in [4.69, 9.17) is 5.11 Å². The highest BCUT2D eigenvalue weighted by atomic mass is 16.4. The third-order valence-corrected chi connectivity index (χ3v) is 3.94. The fourth-order valence-electron chi connectivity index (χ4n) is 2.75. The minimum atomic E-state index is -1.00. The fourth-order valence-corrected chi connectivity index (χ4v) is 2.75. The summed E-state index contributed by atoms with van der Waals surface area (Å²) in [7, 11) is 0. The SMILES string of the molecule is CC1(NC(=O)c2cccc(C=CC(=O)O)c2)CCCCC1. The zero-order chi connectivity index (χ0) is 15.3. The van der Waals surface area contributed by atoms with E-state index in [0.717, 1.165) is 31.8 Å². The molecule has 2 N–H and O–H groups in total. The summed E-state index contributed by atoms with van der Waals surface area (Å²) >= 11 is 0. The fraction of sp³-hybridized carbons (Fsp3) is 0.412. The molecular formula is C17H21NO3. The molecule has 1 fully saturated rings. The zero-order valence-electron chi connectivity index (χ0n) is 12.3. The van der Waals surface area contributed by atoms with Crippen molar-refractivity contribution in [3.63, 3.8) is 0 Å². The molecule has 4 heteroatoms. The second-order valence-electron chi connectivity index (χ2n) is 5.87. The summed E-state index contributed by atoms with van der Waals surface area (Å²) < 4.78 is 0. The number of amides is 1. The van der Waals surface area contributed by atoms with Gasteiger partial charge in [-0.25, -0.2) is 4.79 Å². The van der Waals surface area contributed by atoms with E-state index < -0.39 is 5.97 Å². The number of carbonyl (C=O) groups is 2. The van der Waals surface area contributed by atoms with Crippen LogP contribution in [0.5, 0.6) is 0 Å². The Labute approximate surface area is 124 Å². The maximum atomic E-state index is 12.4. The average molecular weight is 287 g/mol. The van der Waals surface area contributed by atoms with Crippen LogP contribution in [0.3, 0.4) is 0 Å². The first-order chi connectivity index (χ1) is 9.98. The van der Waals surface area contributed by atoms with Crippen molar-refractivity contribution in [2.24, 2.45) is 0 Å². The highest BCUT2D eigenvalue weighted by molar-refractivity contribution is 5.95. The van der Waals surface area contributed by atoms with Gasteiger partial charge in [0, 0.05) is 17.2 Å². The van der Waals surface area contributed by atoms with Gasteiger partial charge in [-0.2, -0.15) is 0 Å². The molecule has 0 unspecified atom stereocenters. The number of hydrogen-bond donors (Lipinski definition) is 2. The van der Waals surface area contributed by atoms with E-state index >= 15 is 0 Å². The van der Waals surface area contributed by atoms with E-state index in [1.54, 1.807) is 24.3 Å². The summed E-state index contributed by atoms with van der Waals surface area (Å²) in [6.45, 7) is 2.10. The van der Waals surface area contributed by atoms with Crippen molar-refractivity contribution in [3.05, 3.63) is 41.5 Å². The maximum Gasteiger partial charge on any atom is 0.328 e. The van der Waals surface area contributed by atoms with Gasteiger partial charge in [0.05, 0.1) is 0 Å². The van der Waals surface area contributed by atoms with E-state index in [1.165, 1.54) is 12.5 Å². The van der Waals surface area contributed by atoms with E-state index in [-0.39, 0.29) is 11.4 Å². The summed E-state index contributed by atoms with van der Waals surface area (Å²) in [5.74, 6) is -1.09. The summed E-state index contributed by atoms with van der Waals surface area (Å²) in [5.41, 5.74) is 1.15. The standard InChI is InChI=1S/C17H21NO3/c1-17(10-3-2-4-11-17)18-16(21)14-7-5-6-13(12-14)8-9-15(19)20/h5-9,12H,2-4,10-11H2,1H3,(H,18,21)(H,19,20). The molecule has 0 aromatic heterocycles. The lowest BCUT2D eigenvalue weighted by Gasteiger charge is -2.34. The molecule has 1 aromatic carbocycles. The van der Waals surface area contributed by atoms with Crippen LogP contribution in [0.1, 0.15) is 54.9 Å². The van der Waals surface area contributed by atoms with Crippen molar-refractivity contribution in [2.45, 2.75) is 44.6 Å². The van der Waals surface area contributed by atoms with Crippen LogP contribution >= 0.6 is 0 Å². The Morgan fingerprint density at radius 3 is 2.62 bits per heavy atom. The Balaban J connectivity index is 2.08. The molecule has 1 aliphatic carbocycles. The molecule has 1 amide bonds. The van der Waals surface area contributed by atoms with Gasteiger partial charge in [-0.05, 0) is 43.5 Å². The van der Waals surface area contributed by atoms with Crippen molar-refractivity contribution in [1.82, 2.24) is 5.32 Å². The highest BCUT2D eigenvalue weighted by Crippen LogP contribution is 2.27. The Bertz CT molecular complexity index is 557. The Kier molecular flexibility index (Phi) is 4.78. The topological polar surface area (TPSA) is 66.4 Å². The van der Waals surface area contributed by atoms with Crippen LogP contribution in [0.15, 0.2) is 30.3 Å². The number of rotatable bonds is 4. The summed E-state index contributed by atoms with van der Waals surface area (Å²) in [4.78, 5) is 22.9. The van der Waals surface area contributed by atoms with E-state index in [9.17, 15) is 9.59 Å². The van der Waals surface area contributed by atoms with Crippen LogP contribution in [0.2, 0.25) is 0 Å². The minimum Gasteiger partial charge on any atom is -0.478 e. The van der Waals surface area contributed by atoms with Gasteiger partial charge >= 0.3 is 5.97 Å². The first-order valence-electron chi connectivity index (χ1n) is 7.32. The molecule has 4 nitrogen and oxygen atoms in total. The first kappa shape index (κ1) is 15.3. The molecule has 112 valence electrons. The summed E-state index contributed by atoms with van der Waals surface area (Å²) in [5, 5.41) is 11.8. The number of nitrogens with one attached hydrogen (secondary N) is 1. The Morgan fingerprint density at radius 1 is 1.24 bits per heavy atom. The summed E-state index contributed by atoms with van der Waals surface area (Å²) in [6.07, 6.45) is 8.12. The third kappa shape index (κ3) is 4.45. The van der Waals surface area contributed by atoms with Gasteiger partial charge in [0.1, 0.15) is 0 Å². The molecule has 0 heterocycles. The Hall–Kier alpha value is -2.10. The van der Waals surface area contributed by atoms with Gasteiger partial charge in [0.2, 0.25) is 0 Å². The summed E-state index contributed by atoms with van der Waals surface area (Å²) in [6, 6.07) is 7.00. The van der Waals surface area contributed by atoms with Gasteiger partial charge in [0.15, 0.2) is 0 Å². The normalized spacial score (nSPS) is 17.6. The predicted octanol–water partition coefficient (Wildman–Crippen LogP) is 3.24. The predicted molar refractivity (Wildman–Crippen MR) is 82.1 cm³/mol. The number of carbonyl (C=O) groups excluding carboxylic acids is 1. The number of aliphatic carboxylic acids is 1. The quantitative estimate of drug-likeness (QED) is 0.835. The van der Waals surface area contributed by atoms with Crippen molar-refractivity contribution in [2.75, 3.05) is 0 Å². The van der Waals surface area contributed by atoms with Gasteiger partial charge in [0.25, 0.3) is 5.91 Å². The van der Waals surface area contributed by atoms with E-state index in [2.05, 4.69) is 12.2 Å². The first-order valence-corrected chi connectivity index (χ1v) is 7.32. The Morgan fingerprint density at radius 2 is 1.95 bits per heavy atom. The van der Waals surface area contributed by atoms with Crippen molar-refractivity contribution in [3.8, 4) is 0 Å². The van der Waals surface area contributed by atoms with Gasteiger partial charge < -0.3 is 10.4 Å². The van der Waals surface area contributed by atoms with Crippen LogP contribution < -0.4 is 5.32 Å². The number of carboxylic acid groups (broad SMARTS) is 1. The largest absolute Gasteiger partial charge is 0.478 e. The number of hydrogen-bond acceptors (Lipinski definition) is 2. The van der Waals surface area contributed by atoms with Crippen LogP contribution in [0, 0.1) is 0 Å². The molecule has 0 aliphatic heterocycles. The molecule has 1 aromatic rings. The van der Waals surface area contributed by atoms with Crippen LogP contribution in [0.25, 0.3) is 6.08 Å². The molecule has 2 rings (SSSR count). The van der Waals surface area contributed by atoms with Crippen molar-refractivity contribution < 1.29 is 14.7 Å². The lowest BCUT2D eigenvalue weighted by Crippen LogP contribution is -2.47. The third-order valence-electron chi connectivity index (χ3n) is 3.94. The molecule has 0 spiro atoms. The smallest absolute Gasteiger partial charge is 0.328 e. The monoisotopic (exact) mass is 287 g/mol. The molecule has 0 saturated heterocycles. The molecule has 0 bridgehead atoms. The van der Waals surface area contributed by atoms with Gasteiger partial charge in [-0.15, -0.1) is 0 Å². The molecule has 1 aliphatic rings. The minimum absolute atomic E-state index is 0.0926. The molecule has 0 atom stereocenters. The van der Waals surface area contributed by atoms with Crippen LogP contribution in [-0.4, -0.2) is 22.5 Å². The molecular weight excluding hydrogens is 266 g/mol. The molecule has 0 radical (unpaired) electrons. The second-order valence-corrected chi connectivity index (χ2v) is 5.87. The van der Waals surface area contributed by atoms with Gasteiger partial charge in [-0.1, -0.05) is 31.4 Å². The highest BCUT2D eigenvalue weighted by Gasteiger charge is 2.28. The maximum absolute atomic E-state index is 12.4. The van der Waals surface area contributed by atoms with E-state index in [0.29, 0.717) is 11.1 Å². The number of benzene rings is 1. The van der Waals surface area contributed by atoms with Gasteiger partial charge in [-0.3, -0.25) is 4.79 Å². The number of carboxylic acids is 1. The second kappa shape index (κ2) is 6.57.